The predicted octanol–water partition coefficient (Wildman–Crippen LogP) is 1.34. The summed E-state index contributed by atoms with van der Waals surface area (Å²) < 4.78 is 0. The second-order valence-electron chi connectivity index (χ2n) is 6.46. The SMILES string of the molecule is CC1(O)CCC(O)CC1.CC1(O)CCC(O)CC1. The molecule has 4 N–H and O–H groups in total. The van der Waals surface area contributed by atoms with Crippen molar-refractivity contribution in [1.29, 1.82) is 0 Å². The third kappa shape index (κ3) is 6.14. The van der Waals surface area contributed by atoms with E-state index < -0.39 is 11.2 Å². The van der Waals surface area contributed by atoms with Crippen molar-refractivity contribution in [3.8, 4) is 0 Å². The van der Waals surface area contributed by atoms with E-state index in [4.69, 9.17) is 10.2 Å². The molecule has 2 rings (SSSR count). The summed E-state index contributed by atoms with van der Waals surface area (Å²) in [5, 5.41) is 36.8. The summed E-state index contributed by atoms with van der Waals surface area (Å²) in [6.45, 7) is 3.66. The minimum atomic E-state index is -0.501. The van der Waals surface area contributed by atoms with Crippen molar-refractivity contribution in [2.24, 2.45) is 0 Å². The zero-order valence-corrected chi connectivity index (χ0v) is 11.6. The molecule has 0 atom stereocenters. The van der Waals surface area contributed by atoms with Crippen LogP contribution < -0.4 is 0 Å². The molecule has 0 aromatic rings. The van der Waals surface area contributed by atoms with Crippen LogP contribution in [0.15, 0.2) is 0 Å². The lowest BCUT2D eigenvalue weighted by Gasteiger charge is -2.30. The average Bonchev–Trinajstić information content (AvgIpc) is 2.28. The summed E-state index contributed by atoms with van der Waals surface area (Å²) in [5.41, 5.74) is -1.00. The maximum absolute atomic E-state index is 9.38. The third-order valence-corrected chi connectivity index (χ3v) is 4.06. The summed E-state index contributed by atoms with van der Waals surface area (Å²) in [6.07, 6.45) is 5.68. The zero-order chi connectivity index (χ0) is 13.8. The van der Waals surface area contributed by atoms with E-state index in [2.05, 4.69) is 0 Å². The molecule has 2 saturated carbocycles. The van der Waals surface area contributed by atoms with Crippen LogP contribution in [0.1, 0.15) is 65.2 Å². The lowest BCUT2D eigenvalue weighted by molar-refractivity contribution is -0.0176. The Hall–Kier alpha value is -0.160. The molecule has 108 valence electrons. The van der Waals surface area contributed by atoms with Crippen LogP contribution in [0.5, 0.6) is 0 Å². The number of hydrogen-bond acceptors (Lipinski definition) is 4. The second-order valence-corrected chi connectivity index (χ2v) is 6.46. The third-order valence-electron chi connectivity index (χ3n) is 4.06. The summed E-state index contributed by atoms with van der Waals surface area (Å²) >= 11 is 0. The highest BCUT2D eigenvalue weighted by molar-refractivity contribution is 4.81. The monoisotopic (exact) mass is 260 g/mol. The van der Waals surface area contributed by atoms with E-state index in [9.17, 15) is 10.2 Å². The molecular formula is C14H28O4. The molecule has 0 aliphatic heterocycles. The number of rotatable bonds is 0. The topological polar surface area (TPSA) is 80.9 Å². The number of hydrogen-bond donors (Lipinski definition) is 4. The van der Waals surface area contributed by atoms with Gasteiger partial charge in [-0.1, -0.05) is 0 Å². The van der Waals surface area contributed by atoms with Crippen molar-refractivity contribution < 1.29 is 20.4 Å². The lowest BCUT2D eigenvalue weighted by atomic mass is 9.85. The fourth-order valence-corrected chi connectivity index (χ4v) is 2.45. The smallest absolute Gasteiger partial charge is 0.0621 e. The van der Waals surface area contributed by atoms with Gasteiger partial charge in [0.25, 0.3) is 0 Å². The molecule has 4 nitrogen and oxygen atoms in total. The minimum absolute atomic E-state index is 0.162. The molecule has 2 aliphatic rings. The Kier molecular flexibility index (Phi) is 5.59. The molecule has 0 aromatic heterocycles. The van der Waals surface area contributed by atoms with E-state index in [0.717, 1.165) is 51.4 Å². The van der Waals surface area contributed by atoms with Crippen LogP contribution in [-0.2, 0) is 0 Å². The van der Waals surface area contributed by atoms with Crippen LogP contribution >= 0.6 is 0 Å². The van der Waals surface area contributed by atoms with E-state index in [1.807, 2.05) is 13.8 Å². The van der Waals surface area contributed by atoms with Crippen LogP contribution in [0.25, 0.3) is 0 Å². The molecule has 0 bridgehead atoms. The lowest BCUT2D eigenvalue weighted by Crippen LogP contribution is -2.32. The van der Waals surface area contributed by atoms with Crippen molar-refractivity contribution in [3.05, 3.63) is 0 Å². The van der Waals surface area contributed by atoms with Gasteiger partial charge in [0.1, 0.15) is 0 Å². The number of aliphatic hydroxyl groups excluding tert-OH is 2. The second kappa shape index (κ2) is 6.33. The predicted molar refractivity (Wildman–Crippen MR) is 70.2 cm³/mol. The molecule has 0 saturated heterocycles. The molecule has 2 aliphatic carbocycles. The largest absolute Gasteiger partial charge is 0.393 e. The van der Waals surface area contributed by atoms with Crippen molar-refractivity contribution >= 4 is 0 Å². The summed E-state index contributed by atoms with van der Waals surface area (Å²) in [7, 11) is 0. The van der Waals surface area contributed by atoms with Crippen LogP contribution in [-0.4, -0.2) is 43.8 Å². The van der Waals surface area contributed by atoms with Gasteiger partial charge in [-0.2, -0.15) is 0 Å². The summed E-state index contributed by atoms with van der Waals surface area (Å²) in [4.78, 5) is 0. The van der Waals surface area contributed by atoms with Gasteiger partial charge in [0.05, 0.1) is 23.4 Å². The van der Waals surface area contributed by atoms with E-state index in [1.165, 1.54) is 0 Å². The molecule has 0 heterocycles. The molecular weight excluding hydrogens is 232 g/mol. The Balaban J connectivity index is 0.000000180. The fourth-order valence-electron chi connectivity index (χ4n) is 2.45. The normalized spacial score (nSPS) is 45.0. The van der Waals surface area contributed by atoms with Crippen molar-refractivity contribution in [1.82, 2.24) is 0 Å². The van der Waals surface area contributed by atoms with Crippen molar-refractivity contribution in [3.63, 3.8) is 0 Å². The standard InChI is InChI=1S/2C7H14O2/c2*1-7(9)4-2-6(8)3-5-7/h2*6,8-9H,2-5H2,1H3. The first-order valence-corrected chi connectivity index (χ1v) is 7.01. The number of aliphatic hydroxyl groups is 4. The highest BCUT2D eigenvalue weighted by atomic mass is 16.3. The quantitative estimate of drug-likeness (QED) is 0.530. The van der Waals surface area contributed by atoms with Crippen LogP contribution in [0.4, 0.5) is 0 Å². The highest BCUT2D eigenvalue weighted by Gasteiger charge is 2.27. The van der Waals surface area contributed by atoms with Crippen molar-refractivity contribution in [2.75, 3.05) is 0 Å². The van der Waals surface area contributed by atoms with E-state index in [1.54, 1.807) is 0 Å². The Morgan fingerprint density at radius 2 is 0.889 bits per heavy atom. The molecule has 0 amide bonds. The summed E-state index contributed by atoms with van der Waals surface area (Å²) in [6, 6.07) is 0. The van der Waals surface area contributed by atoms with Gasteiger partial charge in [-0.05, 0) is 65.2 Å². The fraction of sp³-hybridized carbons (Fsp3) is 1.00. The minimum Gasteiger partial charge on any atom is -0.393 e. The molecule has 0 spiro atoms. The molecule has 4 heteroatoms. The van der Waals surface area contributed by atoms with E-state index in [0.29, 0.717) is 0 Å². The van der Waals surface area contributed by atoms with Gasteiger partial charge in [0.2, 0.25) is 0 Å². The Bertz CT molecular complexity index is 204. The first-order valence-electron chi connectivity index (χ1n) is 7.01. The Morgan fingerprint density at radius 1 is 0.667 bits per heavy atom. The maximum Gasteiger partial charge on any atom is 0.0621 e. The van der Waals surface area contributed by atoms with Gasteiger partial charge in [0, 0.05) is 0 Å². The Labute approximate surface area is 110 Å². The average molecular weight is 260 g/mol. The van der Waals surface area contributed by atoms with Crippen LogP contribution in [0, 0.1) is 0 Å². The molecule has 0 aromatic carbocycles. The molecule has 2 fully saturated rings. The first-order chi connectivity index (χ1) is 8.20. The van der Waals surface area contributed by atoms with E-state index in [-0.39, 0.29) is 12.2 Å². The van der Waals surface area contributed by atoms with Crippen LogP contribution in [0.2, 0.25) is 0 Å². The van der Waals surface area contributed by atoms with Gasteiger partial charge in [0.15, 0.2) is 0 Å². The van der Waals surface area contributed by atoms with Crippen LogP contribution in [0.3, 0.4) is 0 Å². The first kappa shape index (κ1) is 15.9. The zero-order valence-electron chi connectivity index (χ0n) is 11.6. The Morgan fingerprint density at radius 3 is 1.06 bits per heavy atom. The molecule has 18 heavy (non-hydrogen) atoms. The van der Waals surface area contributed by atoms with Gasteiger partial charge < -0.3 is 20.4 Å². The maximum atomic E-state index is 9.38. The summed E-state index contributed by atoms with van der Waals surface area (Å²) in [5.74, 6) is 0. The molecule has 0 unspecified atom stereocenters. The van der Waals surface area contributed by atoms with Gasteiger partial charge in [-0.15, -0.1) is 0 Å². The molecule has 0 radical (unpaired) electrons. The van der Waals surface area contributed by atoms with Gasteiger partial charge in [-0.3, -0.25) is 0 Å². The van der Waals surface area contributed by atoms with Crippen molar-refractivity contribution in [2.45, 2.75) is 88.6 Å². The van der Waals surface area contributed by atoms with E-state index >= 15 is 0 Å². The highest BCUT2D eigenvalue weighted by Crippen LogP contribution is 2.27. The van der Waals surface area contributed by atoms with Gasteiger partial charge >= 0.3 is 0 Å². The van der Waals surface area contributed by atoms with Gasteiger partial charge in [-0.25, -0.2) is 0 Å².